The van der Waals surface area contributed by atoms with Crippen LogP contribution in [0.3, 0.4) is 0 Å². The molecule has 0 aliphatic rings. The second-order valence-electron chi connectivity index (χ2n) is 4.64. The van der Waals surface area contributed by atoms with Crippen LogP contribution in [0.4, 0.5) is 5.82 Å². The molecule has 0 atom stereocenters. The van der Waals surface area contributed by atoms with E-state index in [1.54, 1.807) is 6.20 Å². The summed E-state index contributed by atoms with van der Waals surface area (Å²) in [5.41, 5.74) is 9.32. The average molecular weight is 285 g/mol. The molecule has 0 aliphatic carbocycles. The number of aromatic nitrogens is 3. The zero-order chi connectivity index (χ0) is 14.3. The summed E-state index contributed by atoms with van der Waals surface area (Å²) in [5, 5.41) is 1.54. The van der Waals surface area contributed by atoms with Gasteiger partial charge in [0.25, 0.3) is 0 Å². The van der Waals surface area contributed by atoms with E-state index >= 15 is 0 Å². The lowest BCUT2D eigenvalue weighted by atomic mass is 10.1. The van der Waals surface area contributed by atoms with E-state index in [4.69, 9.17) is 17.3 Å². The van der Waals surface area contributed by atoms with E-state index in [9.17, 15) is 0 Å². The predicted octanol–water partition coefficient (Wildman–Crippen LogP) is 3.54. The Morgan fingerprint density at radius 1 is 1.10 bits per heavy atom. The Balaban J connectivity index is 2.33. The van der Waals surface area contributed by atoms with Crippen molar-refractivity contribution in [3.05, 3.63) is 46.7 Å². The number of nitrogens with two attached hydrogens (primary N) is 1. The number of halogens is 1. The van der Waals surface area contributed by atoms with Crippen molar-refractivity contribution in [2.45, 2.75) is 13.8 Å². The van der Waals surface area contributed by atoms with Gasteiger partial charge in [0.15, 0.2) is 5.82 Å². The Kier molecular flexibility index (Phi) is 3.03. The SMILES string of the molecule is Cc1nc(-c2ccc(Cl)c3cccnc23)nc(N)c1C. The highest BCUT2D eigenvalue weighted by Gasteiger charge is 2.12. The maximum absolute atomic E-state index is 6.20. The first-order valence-corrected chi connectivity index (χ1v) is 6.60. The molecule has 0 bridgehead atoms. The first kappa shape index (κ1) is 12.8. The van der Waals surface area contributed by atoms with Crippen LogP contribution in [0.1, 0.15) is 11.3 Å². The van der Waals surface area contributed by atoms with E-state index < -0.39 is 0 Å². The highest BCUT2D eigenvalue weighted by Crippen LogP contribution is 2.30. The van der Waals surface area contributed by atoms with Crippen molar-refractivity contribution in [3.63, 3.8) is 0 Å². The predicted molar refractivity (Wildman–Crippen MR) is 81.7 cm³/mol. The fourth-order valence-electron chi connectivity index (χ4n) is 2.09. The monoisotopic (exact) mass is 284 g/mol. The lowest BCUT2D eigenvalue weighted by Crippen LogP contribution is -2.02. The van der Waals surface area contributed by atoms with Gasteiger partial charge in [0.05, 0.1) is 10.5 Å². The van der Waals surface area contributed by atoms with Crippen molar-refractivity contribution >= 4 is 28.3 Å². The number of pyridine rings is 1. The molecule has 0 saturated heterocycles. The van der Waals surface area contributed by atoms with Gasteiger partial charge in [-0.25, -0.2) is 9.97 Å². The summed E-state index contributed by atoms with van der Waals surface area (Å²) < 4.78 is 0. The minimum absolute atomic E-state index is 0.492. The van der Waals surface area contributed by atoms with E-state index in [1.807, 2.05) is 38.1 Å². The molecule has 0 spiro atoms. The van der Waals surface area contributed by atoms with Gasteiger partial charge in [-0.05, 0) is 38.1 Å². The van der Waals surface area contributed by atoms with E-state index in [-0.39, 0.29) is 0 Å². The number of hydrogen-bond donors (Lipinski definition) is 1. The highest BCUT2D eigenvalue weighted by molar-refractivity contribution is 6.35. The van der Waals surface area contributed by atoms with Gasteiger partial charge in [-0.2, -0.15) is 0 Å². The smallest absolute Gasteiger partial charge is 0.163 e. The summed E-state index contributed by atoms with van der Waals surface area (Å²) >= 11 is 6.20. The minimum atomic E-state index is 0.492. The second-order valence-corrected chi connectivity index (χ2v) is 5.04. The summed E-state index contributed by atoms with van der Waals surface area (Å²) in [4.78, 5) is 13.3. The Hall–Kier alpha value is -2.20. The van der Waals surface area contributed by atoms with E-state index in [0.29, 0.717) is 16.7 Å². The lowest BCUT2D eigenvalue weighted by molar-refractivity contribution is 1.08. The van der Waals surface area contributed by atoms with Crippen LogP contribution in [0, 0.1) is 13.8 Å². The topological polar surface area (TPSA) is 64.7 Å². The van der Waals surface area contributed by atoms with Crippen LogP contribution in [-0.4, -0.2) is 15.0 Å². The van der Waals surface area contributed by atoms with Gasteiger partial charge in [-0.1, -0.05) is 11.6 Å². The number of anilines is 1. The van der Waals surface area contributed by atoms with Crippen LogP contribution in [0.15, 0.2) is 30.5 Å². The average Bonchev–Trinajstić information content (AvgIpc) is 2.45. The largest absolute Gasteiger partial charge is 0.383 e. The fraction of sp³-hybridized carbons (Fsp3) is 0.133. The van der Waals surface area contributed by atoms with Gasteiger partial charge in [-0.15, -0.1) is 0 Å². The summed E-state index contributed by atoms with van der Waals surface area (Å²) in [6, 6.07) is 7.49. The molecule has 0 unspecified atom stereocenters. The van der Waals surface area contributed by atoms with Crippen molar-refractivity contribution in [1.29, 1.82) is 0 Å². The third-order valence-electron chi connectivity index (χ3n) is 3.38. The van der Waals surface area contributed by atoms with Crippen LogP contribution in [0.2, 0.25) is 5.02 Å². The van der Waals surface area contributed by atoms with Gasteiger partial charge < -0.3 is 5.73 Å². The van der Waals surface area contributed by atoms with Crippen LogP contribution < -0.4 is 5.73 Å². The van der Waals surface area contributed by atoms with E-state index in [1.165, 1.54) is 0 Å². The van der Waals surface area contributed by atoms with Crippen molar-refractivity contribution in [3.8, 4) is 11.4 Å². The number of hydrogen-bond acceptors (Lipinski definition) is 4. The molecule has 0 aliphatic heterocycles. The van der Waals surface area contributed by atoms with E-state index in [0.717, 1.165) is 27.7 Å². The maximum Gasteiger partial charge on any atom is 0.163 e. The van der Waals surface area contributed by atoms with Crippen LogP contribution in [-0.2, 0) is 0 Å². The number of nitrogen functional groups attached to an aromatic ring is 1. The number of aryl methyl sites for hydroxylation is 1. The Morgan fingerprint density at radius 3 is 2.65 bits per heavy atom. The number of fused-ring (bicyclic) bond motifs is 1. The minimum Gasteiger partial charge on any atom is -0.383 e. The number of benzene rings is 1. The van der Waals surface area contributed by atoms with Gasteiger partial charge in [0.2, 0.25) is 0 Å². The molecule has 1 aromatic carbocycles. The molecular weight excluding hydrogens is 272 g/mol. The van der Waals surface area contributed by atoms with Crippen LogP contribution >= 0.6 is 11.6 Å². The van der Waals surface area contributed by atoms with Crippen molar-refractivity contribution < 1.29 is 0 Å². The molecule has 0 fully saturated rings. The second kappa shape index (κ2) is 4.72. The molecule has 2 heterocycles. The van der Waals surface area contributed by atoms with Gasteiger partial charge >= 0.3 is 0 Å². The van der Waals surface area contributed by atoms with Gasteiger partial charge in [-0.3, -0.25) is 4.98 Å². The number of rotatable bonds is 1. The molecule has 3 aromatic rings. The molecule has 4 nitrogen and oxygen atoms in total. The van der Waals surface area contributed by atoms with Crippen LogP contribution in [0.25, 0.3) is 22.3 Å². The quantitative estimate of drug-likeness (QED) is 0.742. The zero-order valence-corrected chi connectivity index (χ0v) is 11.9. The molecule has 0 amide bonds. The molecule has 0 radical (unpaired) electrons. The lowest BCUT2D eigenvalue weighted by Gasteiger charge is -2.09. The third kappa shape index (κ3) is 1.98. The highest BCUT2D eigenvalue weighted by atomic mass is 35.5. The summed E-state index contributed by atoms with van der Waals surface area (Å²) in [5.74, 6) is 1.07. The van der Waals surface area contributed by atoms with Crippen LogP contribution in [0.5, 0.6) is 0 Å². The Morgan fingerprint density at radius 2 is 1.90 bits per heavy atom. The van der Waals surface area contributed by atoms with Crippen molar-refractivity contribution in [1.82, 2.24) is 15.0 Å². The molecular formula is C15H13ClN4. The van der Waals surface area contributed by atoms with Crippen molar-refractivity contribution in [2.24, 2.45) is 0 Å². The van der Waals surface area contributed by atoms with Gasteiger partial charge in [0.1, 0.15) is 5.82 Å². The van der Waals surface area contributed by atoms with Crippen molar-refractivity contribution in [2.75, 3.05) is 5.73 Å². The molecule has 20 heavy (non-hydrogen) atoms. The zero-order valence-electron chi connectivity index (χ0n) is 11.2. The standard InChI is InChI=1S/C15H13ClN4/c1-8-9(2)19-15(20-14(8)17)11-5-6-12(16)10-4-3-7-18-13(10)11/h3-7H,1-2H3,(H2,17,19,20). The first-order valence-electron chi connectivity index (χ1n) is 6.22. The Bertz CT molecular complexity index is 791. The Labute approximate surface area is 121 Å². The fourth-order valence-corrected chi connectivity index (χ4v) is 2.31. The van der Waals surface area contributed by atoms with Gasteiger partial charge in [0, 0.05) is 28.4 Å². The summed E-state index contributed by atoms with van der Waals surface area (Å²) in [7, 11) is 0. The summed E-state index contributed by atoms with van der Waals surface area (Å²) in [6.45, 7) is 3.83. The molecule has 2 N–H and O–H groups in total. The summed E-state index contributed by atoms with van der Waals surface area (Å²) in [6.07, 6.45) is 1.73. The third-order valence-corrected chi connectivity index (χ3v) is 3.71. The normalized spacial score (nSPS) is 10.9. The van der Waals surface area contributed by atoms with E-state index in [2.05, 4.69) is 15.0 Å². The number of nitrogens with zero attached hydrogens (tertiary/aromatic N) is 3. The molecule has 3 rings (SSSR count). The molecule has 100 valence electrons. The molecule has 2 aromatic heterocycles. The maximum atomic E-state index is 6.20. The molecule has 5 heteroatoms. The molecule has 0 saturated carbocycles. The first-order chi connectivity index (χ1) is 9.58.